The van der Waals surface area contributed by atoms with Crippen molar-refractivity contribution in [3.8, 4) is 0 Å². The molecule has 0 spiro atoms. The summed E-state index contributed by atoms with van der Waals surface area (Å²) in [6, 6.07) is 0.382. The summed E-state index contributed by atoms with van der Waals surface area (Å²) in [6.07, 6.45) is 4.06. The lowest BCUT2D eigenvalue weighted by molar-refractivity contribution is -0.143. The van der Waals surface area contributed by atoms with Crippen LogP contribution in [0.3, 0.4) is 0 Å². The van der Waals surface area contributed by atoms with E-state index in [4.69, 9.17) is 4.74 Å². The van der Waals surface area contributed by atoms with Gasteiger partial charge in [-0.25, -0.2) is 4.98 Å². The number of aromatic nitrogens is 3. The first-order chi connectivity index (χ1) is 12.2. The summed E-state index contributed by atoms with van der Waals surface area (Å²) < 4.78 is 5.77. The molecule has 3 fully saturated rings. The van der Waals surface area contributed by atoms with Gasteiger partial charge in [-0.05, 0) is 19.3 Å². The summed E-state index contributed by atoms with van der Waals surface area (Å²) in [6.45, 7) is 4.16. The minimum absolute atomic E-state index is 0.0640. The molecule has 2 atom stereocenters. The molecular formula is C17H25N5O3. The number of H-pyrrole nitrogens is 1. The fraction of sp³-hybridized carbons (Fsp3) is 0.765. The van der Waals surface area contributed by atoms with Crippen LogP contribution < -0.4 is 0 Å². The summed E-state index contributed by atoms with van der Waals surface area (Å²) in [5.74, 6) is 1.45. The van der Waals surface area contributed by atoms with Gasteiger partial charge in [0.05, 0.1) is 19.1 Å². The molecule has 1 aliphatic carbocycles. The van der Waals surface area contributed by atoms with E-state index in [1.165, 1.54) is 0 Å². The molecular weight excluding hydrogens is 322 g/mol. The number of carbonyl (C=O) groups is 2. The van der Waals surface area contributed by atoms with Gasteiger partial charge in [0.25, 0.3) is 0 Å². The average Bonchev–Trinajstić information content (AvgIpc) is 3.23. The number of hydrogen-bond donors (Lipinski definition) is 1. The number of morpholine rings is 1. The molecule has 136 valence electrons. The van der Waals surface area contributed by atoms with Gasteiger partial charge < -0.3 is 14.5 Å². The molecule has 3 heterocycles. The fourth-order valence-corrected chi connectivity index (χ4v) is 3.70. The van der Waals surface area contributed by atoms with Crippen molar-refractivity contribution >= 4 is 11.8 Å². The van der Waals surface area contributed by atoms with Gasteiger partial charge in [-0.1, -0.05) is 6.92 Å². The van der Waals surface area contributed by atoms with E-state index in [9.17, 15) is 9.59 Å². The van der Waals surface area contributed by atoms with Gasteiger partial charge >= 0.3 is 0 Å². The van der Waals surface area contributed by atoms with Gasteiger partial charge in [0.15, 0.2) is 5.82 Å². The molecule has 3 aliphatic rings. The number of amides is 2. The number of nitrogens with zero attached hydrogens (tertiary/aromatic N) is 4. The van der Waals surface area contributed by atoms with Crippen molar-refractivity contribution < 1.29 is 14.3 Å². The molecule has 2 unspecified atom stereocenters. The number of aryl methyl sites for hydroxylation is 1. The van der Waals surface area contributed by atoms with Crippen molar-refractivity contribution in [2.24, 2.45) is 5.92 Å². The van der Waals surface area contributed by atoms with E-state index in [1.807, 2.05) is 9.80 Å². The maximum Gasteiger partial charge on any atom is 0.228 e. The third-order valence-corrected chi connectivity index (χ3v) is 5.20. The Labute approximate surface area is 146 Å². The topological polar surface area (TPSA) is 91.4 Å². The molecule has 1 saturated carbocycles. The third-order valence-electron chi connectivity index (χ3n) is 5.20. The molecule has 0 bridgehead atoms. The highest BCUT2D eigenvalue weighted by atomic mass is 16.5. The standard InChI is InChI=1S/C17H25N5O3/c1-2-3-14-18-16(20-19-14)13-10-21(6-7-25-13)17(24)11-8-15(23)22(9-11)12-4-5-12/h11-13H,2-10H2,1H3,(H,18,19,20). The van der Waals surface area contributed by atoms with Crippen molar-refractivity contribution in [2.75, 3.05) is 26.2 Å². The first-order valence-electron chi connectivity index (χ1n) is 9.26. The first-order valence-corrected chi connectivity index (χ1v) is 9.26. The molecule has 1 N–H and O–H groups in total. The van der Waals surface area contributed by atoms with E-state index in [-0.39, 0.29) is 23.8 Å². The minimum atomic E-state index is -0.295. The van der Waals surface area contributed by atoms with Gasteiger partial charge in [-0.15, -0.1) is 0 Å². The van der Waals surface area contributed by atoms with Crippen LogP contribution >= 0.6 is 0 Å². The quantitative estimate of drug-likeness (QED) is 0.845. The Morgan fingerprint density at radius 1 is 1.36 bits per heavy atom. The lowest BCUT2D eigenvalue weighted by Gasteiger charge is -2.33. The zero-order valence-electron chi connectivity index (χ0n) is 14.6. The summed E-state index contributed by atoms with van der Waals surface area (Å²) >= 11 is 0. The van der Waals surface area contributed by atoms with Gasteiger partial charge in [-0.3, -0.25) is 14.7 Å². The van der Waals surface area contributed by atoms with Gasteiger partial charge in [0.2, 0.25) is 11.8 Å². The van der Waals surface area contributed by atoms with Crippen molar-refractivity contribution in [2.45, 2.75) is 51.2 Å². The largest absolute Gasteiger partial charge is 0.366 e. The zero-order valence-corrected chi connectivity index (χ0v) is 14.6. The molecule has 2 amide bonds. The molecule has 1 aromatic rings. The van der Waals surface area contributed by atoms with Gasteiger partial charge in [0, 0.05) is 32.0 Å². The van der Waals surface area contributed by atoms with Crippen LogP contribution in [-0.4, -0.2) is 69.1 Å². The Morgan fingerprint density at radius 3 is 2.96 bits per heavy atom. The van der Waals surface area contributed by atoms with E-state index in [0.717, 1.165) is 31.5 Å². The van der Waals surface area contributed by atoms with Crippen LogP contribution in [0.5, 0.6) is 0 Å². The van der Waals surface area contributed by atoms with Crippen molar-refractivity contribution in [1.82, 2.24) is 25.0 Å². The second-order valence-electron chi connectivity index (χ2n) is 7.21. The molecule has 2 saturated heterocycles. The number of ether oxygens (including phenoxy) is 1. The van der Waals surface area contributed by atoms with Crippen LogP contribution in [0.25, 0.3) is 0 Å². The minimum Gasteiger partial charge on any atom is -0.366 e. The van der Waals surface area contributed by atoms with Crippen molar-refractivity contribution in [1.29, 1.82) is 0 Å². The van der Waals surface area contributed by atoms with Crippen LogP contribution in [-0.2, 0) is 20.7 Å². The monoisotopic (exact) mass is 347 g/mol. The second-order valence-corrected chi connectivity index (χ2v) is 7.21. The van der Waals surface area contributed by atoms with Crippen LogP contribution in [0.2, 0.25) is 0 Å². The number of carbonyl (C=O) groups excluding carboxylic acids is 2. The summed E-state index contributed by atoms with van der Waals surface area (Å²) in [5.41, 5.74) is 0. The number of nitrogens with one attached hydrogen (secondary N) is 1. The van der Waals surface area contributed by atoms with Gasteiger partial charge in [-0.2, -0.15) is 5.10 Å². The van der Waals surface area contributed by atoms with Gasteiger partial charge in [0.1, 0.15) is 11.9 Å². The molecule has 4 rings (SSSR count). The molecule has 1 aromatic heterocycles. The lowest BCUT2D eigenvalue weighted by atomic mass is 10.1. The first kappa shape index (κ1) is 16.5. The molecule has 8 nitrogen and oxygen atoms in total. The summed E-state index contributed by atoms with van der Waals surface area (Å²) in [5, 5.41) is 7.18. The maximum atomic E-state index is 12.9. The maximum absolute atomic E-state index is 12.9. The normalized spacial score (nSPS) is 27.2. The Kier molecular flexibility index (Phi) is 4.45. The Balaban J connectivity index is 1.38. The Bertz CT molecular complexity index is 656. The van der Waals surface area contributed by atoms with Crippen LogP contribution in [0.1, 0.15) is 50.4 Å². The zero-order chi connectivity index (χ0) is 17.4. The second kappa shape index (κ2) is 6.74. The van der Waals surface area contributed by atoms with E-state index in [1.54, 1.807) is 0 Å². The third kappa shape index (κ3) is 3.40. The van der Waals surface area contributed by atoms with Crippen LogP contribution in [0, 0.1) is 5.92 Å². The lowest BCUT2D eigenvalue weighted by Crippen LogP contribution is -2.45. The highest BCUT2D eigenvalue weighted by Gasteiger charge is 2.43. The molecule has 2 aliphatic heterocycles. The number of likely N-dealkylation sites (tertiary alicyclic amines) is 1. The van der Waals surface area contributed by atoms with E-state index in [2.05, 4.69) is 22.1 Å². The number of hydrogen-bond acceptors (Lipinski definition) is 5. The Hall–Kier alpha value is -1.96. The highest BCUT2D eigenvalue weighted by molar-refractivity contribution is 5.89. The summed E-state index contributed by atoms with van der Waals surface area (Å²) in [7, 11) is 0. The van der Waals surface area contributed by atoms with Crippen LogP contribution in [0.4, 0.5) is 0 Å². The number of aromatic amines is 1. The van der Waals surface area contributed by atoms with E-state index < -0.39 is 0 Å². The Morgan fingerprint density at radius 2 is 2.20 bits per heavy atom. The SMILES string of the molecule is CCCc1nc(C2CN(C(=O)C3CC(=O)N(C4CC4)C3)CCO2)n[nH]1. The smallest absolute Gasteiger partial charge is 0.228 e. The van der Waals surface area contributed by atoms with Crippen molar-refractivity contribution in [3.05, 3.63) is 11.6 Å². The fourth-order valence-electron chi connectivity index (χ4n) is 3.70. The average molecular weight is 347 g/mol. The number of rotatable bonds is 5. The molecule has 25 heavy (non-hydrogen) atoms. The van der Waals surface area contributed by atoms with Crippen LogP contribution in [0.15, 0.2) is 0 Å². The molecule has 0 radical (unpaired) electrons. The summed E-state index contributed by atoms with van der Waals surface area (Å²) in [4.78, 5) is 33.2. The predicted molar refractivity (Wildman–Crippen MR) is 88.5 cm³/mol. The molecule has 8 heteroatoms. The van der Waals surface area contributed by atoms with E-state index in [0.29, 0.717) is 44.5 Å². The predicted octanol–water partition coefficient (Wildman–Crippen LogP) is 0.668. The van der Waals surface area contributed by atoms with E-state index >= 15 is 0 Å². The van der Waals surface area contributed by atoms with Crippen molar-refractivity contribution in [3.63, 3.8) is 0 Å². The highest BCUT2D eigenvalue weighted by Crippen LogP contribution is 2.33. The molecule has 0 aromatic carbocycles.